The van der Waals surface area contributed by atoms with Gasteiger partial charge in [0.05, 0.1) is 6.10 Å². The zero-order chi connectivity index (χ0) is 7.42. The van der Waals surface area contributed by atoms with Crippen LogP contribution in [0.3, 0.4) is 0 Å². The first-order valence-corrected chi connectivity index (χ1v) is 4.73. The summed E-state index contributed by atoms with van der Waals surface area (Å²) in [4.78, 5) is 2.54. The Morgan fingerprint density at radius 3 is 2.08 bits per heavy atom. The third-order valence-corrected chi connectivity index (χ3v) is 3.74. The second-order valence-electron chi connectivity index (χ2n) is 4.57. The van der Waals surface area contributed by atoms with Gasteiger partial charge in [0, 0.05) is 19.6 Å². The molecule has 2 unspecified atom stereocenters. The zero-order valence-electron chi connectivity index (χ0n) is 6.74. The molecule has 4 aliphatic rings. The predicted octanol–water partition coefficient (Wildman–Crippen LogP) is 0.955. The lowest BCUT2D eigenvalue weighted by Crippen LogP contribution is -2.59. The van der Waals surface area contributed by atoms with Crippen molar-refractivity contribution in [3.8, 4) is 0 Å². The van der Waals surface area contributed by atoms with Gasteiger partial charge in [-0.3, -0.25) is 0 Å². The van der Waals surface area contributed by atoms with Gasteiger partial charge in [-0.25, -0.2) is 0 Å². The molecule has 0 aromatic rings. The third-order valence-electron chi connectivity index (χ3n) is 3.74. The first-order valence-electron chi connectivity index (χ1n) is 4.73. The van der Waals surface area contributed by atoms with Crippen LogP contribution < -0.4 is 0 Å². The van der Waals surface area contributed by atoms with Crippen molar-refractivity contribution in [1.29, 1.82) is 0 Å². The lowest BCUT2D eigenvalue weighted by Gasteiger charge is -2.54. The number of nitrogens with zero attached hydrogens (tertiary/aromatic N) is 1. The highest BCUT2D eigenvalue weighted by atomic mass is 16.3. The second-order valence-corrected chi connectivity index (χ2v) is 4.57. The minimum atomic E-state index is 0. The third kappa shape index (κ3) is 1.01. The Morgan fingerprint density at radius 2 is 1.58 bits per heavy atom. The monoisotopic (exact) mass is 169 g/mol. The number of hydrogen-bond donors (Lipinski definition) is 1. The van der Waals surface area contributed by atoms with Crippen molar-refractivity contribution in [3.63, 3.8) is 0 Å². The van der Waals surface area contributed by atoms with Crippen molar-refractivity contribution in [2.24, 2.45) is 17.8 Å². The van der Waals surface area contributed by atoms with Crippen LogP contribution in [0, 0.1) is 17.8 Å². The maximum absolute atomic E-state index is 9.80. The Kier molecular flexibility index (Phi) is 1.92. The number of aliphatic hydroxyl groups is 1. The van der Waals surface area contributed by atoms with Crippen LogP contribution >= 0.6 is 0 Å². The topological polar surface area (TPSA) is 23.5 Å². The summed E-state index contributed by atoms with van der Waals surface area (Å²) in [7, 11) is 0. The second kappa shape index (κ2) is 2.71. The van der Waals surface area contributed by atoms with Crippen LogP contribution in [0.1, 0.15) is 20.3 Å². The van der Waals surface area contributed by atoms with Gasteiger partial charge >= 0.3 is 0 Å². The molecule has 0 spiro atoms. The molecule has 0 amide bonds. The van der Waals surface area contributed by atoms with E-state index in [1.54, 1.807) is 0 Å². The van der Waals surface area contributed by atoms with E-state index in [9.17, 15) is 5.11 Å². The average molecular weight is 169 g/mol. The normalized spacial score (nSPS) is 55.2. The van der Waals surface area contributed by atoms with E-state index in [1.807, 2.05) is 0 Å². The summed E-state index contributed by atoms with van der Waals surface area (Å²) >= 11 is 0. The summed E-state index contributed by atoms with van der Waals surface area (Å²) in [6, 6.07) is 0. The fraction of sp³-hybridized carbons (Fsp3) is 1.00. The number of piperidine rings is 3. The first-order chi connectivity index (χ1) is 5.33. The first kappa shape index (κ1) is 8.52. The number of aliphatic hydroxyl groups excluding tert-OH is 1. The molecular formula is C10H19NO. The highest BCUT2D eigenvalue weighted by molar-refractivity contribution is 4.98. The zero-order valence-corrected chi connectivity index (χ0v) is 6.74. The standard InChI is InChI=1S/C9H15NO.CH4/c11-9-7-1-6-2-8(9)5-10(3-6)4-7;/h6-9,11H,1-5H2;1H4. The van der Waals surface area contributed by atoms with Crippen molar-refractivity contribution in [3.05, 3.63) is 0 Å². The molecule has 70 valence electrons. The van der Waals surface area contributed by atoms with E-state index in [0.717, 1.165) is 5.92 Å². The van der Waals surface area contributed by atoms with E-state index in [2.05, 4.69) is 4.90 Å². The molecule has 4 bridgehead atoms. The van der Waals surface area contributed by atoms with Gasteiger partial charge in [-0.2, -0.15) is 0 Å². The molecule has 12 heavy (non-hydrogen) atoms. The van der Waals surface area contributed by atoms with Crippen LogP contribution in [0.15, 0.2) is 0 Å². The average Bonchev–Trinajstić information content (AvgIpc) is 1.98. The van der Waals surface area contributed by atoms with Crippen LogP contribution in [0.25, 0.3) is 0 Å². The molecule has 4 fully saturated rings. The van der Waals surface area contributed by atoms with Crippen molar-refractivity contribution in [2.75, 3.05) is 19.6 Å². The van der Waals surface area contributed by atoms with Gasteiger partial charge in [0.25, 0.3) is 0 Å². The molecule has 3 saturated heterocycles. The van der Waals surface area contributed by atoms with Gasteiger partial charge in [0.2, 0.25) is 0 Å². The molecule has 2 atom stereocenters. The van der Waals surface area contributed by atoms with Crippen LogP contribution in [0.2, 0.25) is 0 Å². The van der Waals surface area contributed by atoms with Gasteiger partial charge < -0.3 is 10.0 Å². The number of hydrogen-bond acceptors (Lipinski definition) is 2. The number of rotatable bonds is 0. The van der Waals surface area contributed by atoms with E-state index >= 15 is 0 Å². The van der Waals surface area contributed by atoms with Crippen LogP contribution in [0.5, 0.6) is 0 Å². The van der Waals surface area contributed by atoms with E-state index in [1.165, 1.54) is 32.5 Å². The molecule has 4 rings (SSSR count). The van der Waals surface area contributed by atoms with Crippen LogP contribution in [0.4, 0.5) is 0 Å². The van der Waals surface area contributed by atoms with Crippen molar-refractivity contribution in [2.45, 2.75) is 26.4 Å². The minimum Gasteiger partial charge on any atom is -0.392 e. The summed E-state index contributed by atoms with van der Waals surface area (Å²) in [6.07, 6.45) is 2.64. The SMILES string of the molecule is C.OC1C2CC3CC1CN(C3)C2. The summed E-state index contributed by atoms with van der Waals surface area (Å²) in [5.74, 6) is 2.18. The van der Waals surface area contributed by atoms with Gasteiger partial charge in [0.1, 0.15) is 0 Å². The summed E-state index contributed by atoms with van der Waals surface area (Å²) in [6.45, 7) is 3.67. The summed E-state index contributed by atoms with van der Waals surface area (Å²) in [5.41, 5.74) is 0. The maximum atomic E-state index is 9.80. The summed E-state index contributed by atoms with van der Waals surface area (Å²) in [5, 5.41) is 9.80. The molecule has 3 aliphatic heterocycles. The lowest BCUT2D eigenvalue weighted by atomic mass is 9.66. The Balaban J connectivity index is 0.000000563. The fourth-order valence-electron chi connectivity index (χ4n) is 3.38. The van der Waals surface area contributed by atoms with E-state index < -0.39 is 0 Å². The van der Waals surface area contributed by atoms with Gasteiger partial charge in [-0.15, -0.1) is 0 Å². The van der Waals surface area contributed by atoms with Gasteiger partial charge in [0.15, 0.2) is 0 Å². The quantitative estimate of drug-likeness (QED) is 0.584. The molecule has 1 aliphatic carbocycles. The fourth-order valence-corrected chi connectivity index (χ4v) is 3.38. The molecule has 0 aromatic heterocycles. The largest absolute Gasteiger partial charge is 0.392 e. The van der Waals surface area contributed by atoms with Crippen molar-refractivity contribution >= 4 is 0 Å². The van der Waals surface area contributed by atoms with Crippen molar-refractivity contribution in [1.82, 2.24) is 4.90 Å². The Labute approximate surface area is 74.6 Å². The molecule has 3 heterocycles. The lowest BCUT2D eigenvalue weighted by molar-refractivity contribution is -0.110. The Bertz CT molecular complexity index is 153. The van der Waals surface area contributed by atoms with E-state index in [4.69, 9.17) is 0 Å². The highest BCUT2D eigenvalue weighted by Crippen LogP contribution is 2.43. The van der Waals surface area contributed by atoms with Crippen molar-refractivity contribution < 1.29 is 5.11 Å². The molecule has 2 heteroatoms. The Morgan fingerprint density at radius 1 is 1.00 bits per heavy atom. The van der Waals surface area contributed by atoms with E-state index in [0.29, 0.717) is 11.8 Å². The molecule has 0 radical (unpaired) electrons. The minimum absolute atomic E-state index is 0. The summed E-state index contributed by atoms with van der Waals surface area (Å²) < 4.78 is 0. The van der Waals surface area contributed by atoms with E-state index in [-0.39, 0.29) is 13.5 Å². The van der Waals surface area contributed by atoms with Crippen LogP contribution in [-0.2, 0) is 0 Å². The van der Waals surface area contributed by atoms with Gasteiger partial charge in [-0.1, -0.05) is 7.43 Å². The highest BCUT2D eigenvalue weighted by Gasteiger charge is 2.46. The predicted molar refractivity (Wildman–Crippen MR) is 48.9 cm³/mol. The molecule has 2 nitrogen and oxygen atoms in total. The van der Waals surface area contributed by atoms with Crippen LogP contribution in [-0.4, -0.2) is 35.7 Å². The Hall–Kier alpha value is -0.0800. The molecule has 1 saturated carbocycles. The molecule has 0 aromatic carbocycles. The maximum Gasteiger partial charge on any atom is 0.0621 e. The molecule has 1 N–H and O–H groups in total. The van der Waals surface area contributed by atoms with Gasteiger partial charge in [-0.05, 0) is 30.6 Å². The smallest absolute Gasteiger partial charge is 0.0621 e. The molecular weight excluding hydrogens is 150 g/mol.